The normalized spacial score (nSPS) is 15.6. The number of amides is 1. The molecular formula is C19H25NO4. The number of carbonyl (C=O) groups excluding carboxylic acids is 1. The fourth-order valence-corrected chi connectivity index (χ4v) is 2.74. The van der Waals surface area contributed by atoms with Crippen LogP contribution in [0.15, 0.2) is 42.5 Å². The Bertz CT molecular complexity index is 548. The quantitative estimate of drug-likeness (QED) is 0.609. The summed E-state index contributed by atoms with van der Waals surface area (Å²) in [6, 6.07) is 9.67. The van der Waals surface area contributed by atoms with Crippen LogP contribution < -0.4 is 0 Å². The predicted molar refractivity (Wildman–Crippen MR) is 91.6 cm³/mol. The smallest absolute Gasteiger partial charge is 0.410 e. The van der Waals surface area contributed by atoms with E-state index in [0.717, 1.165) is 24.8 Å². The van der Waals surface area contributed by atoms with Gasteiger partial charge in [0.1, 0.15) is 6.61 Å². The van der Waals surface area contributed by atoms with Crippen LogP contribution in [0.2, 0.25) is 0 Å². The maximum atomic E-state index is 12.1. The molecule has 0 aromatic heterocycles. The molecule has 0 unspecified atom stereocenters. The van der Waals surface area contributed by atoms with Crippen LogP contribution in [-0.2, 0) is 16.1 Å². The highest BCUT2D eigenvalue weighted by molar-refractivity contribution is 5.67. The molecule has 1 N–H and O–H groups in total. The molecule has 0 aliphatic carbocycles. The fraction of sp³-hybridized carbons (Fsp3) is 0.474. The molecule has 0 atom stereocenters. The Morgan fingerprint density at radius 1 is 1.21 bits per heavy atom. The second-order valence-corrected chi connectivity index (χ2v) is 6.08. The molecule has 5 heteroatoms. The van der Waals surface area contributed by atoms with E-state index in [1.165, 1.54) is 0 Å². The third-order valence-corrected chi connectivity index (χ3v) is 4.17. The van der Waals surface area contributed by atoms with Gasteiger partial charge in [-0.1, -0.05) is 42.5 Å². The van der Waals surface area contributed by atoms with Crippen LogP contribution in [0.4, 0.5) is 4.79 Å². The van der Waals surface area contributed by atoms with Crippen LogP contribution in [0, 0.1) is 5.92 Å². The van der Waals surface area contributed by atoms with Crippen LogP contribution in [-0.4, -0.2) is 35.2 Å². The van der Waals surface area contributed by atoms with E-state index in [4.69, 9.17) is 9.84 Å². The zero-order valence-corrected chi connectivity index (χ0v) is 13.9. The Balaban J connectivity index is 1.63. The topological polar surface area (TPSA) is 66.8 Å². The second-order valence-electron chi connectivity index (χ2n) is 6.08. The van der Waals surface area contributed by atoms with E-state index >= 15 is 0 Å². The third-order valence-electron chi connectivity index (χ3n) is 4.17. The van der Waals surface area contributed by atoms with Gasteiger partial charge < -0.3 is 14.7 Å². The first-order valence-electron chi connectivity index (χ1n) is 8.49. The van der Waals surface area contributed by atoms with Crippen LogP contribution in [0.25, 0.3) is 0 Å². The predicted octanol–water partition coefficient (Wildman–Crippen LogP) is 3.85. The number of aliphatic carboxylic acids is 1. The lowest BCUT2D eigenvalue weighted by molar-refractivity contribution is -0.137. The van der Waals surface area contributed by atoms with Crippen molar-refractivity contribution in [3.8, 4) is 0 Å². The van der Waals surface area contributed by atoms with E-state index in [1.807, 2.05) is 30.3 Å². The van der Waals surface area contributed by atoms with Gasteiger partial charge in [-0.3, -0.25) is 4.79 Å². The lowest BCUT2D eigenvalue weighted by atomic mass is 9.96. The second kappa shape index (κ2) is 9.75. The Morgan fingerprint density at radius 3 is 2.58 bits per heavy atom. The number of ether oxygens (including phenoxy) is 1. The van der Waals surface area contributed by atoms with E-state index in [-0.39, 0.29) is 12.5 Å². The molecule has 0 spiro atoms. The highest BCUT2D eigenvalue weighted by Gasteiger charge is 2.22. The summed E-state index contributed by atoms with van der Waals surface area (Å²) in [6.07, 6.45) is 7.53. The molecule has 5 nitrogen and oxygen atoms in total. The first-order valence-corrected chi connectivity index (χ1v) is 8.49. The van der Waals surface area contributed by atoms with Crippen LogP contribution >= 0.6 is 0 Å². The van der Waals surface area contributed by atoms with E-state index in [9.17, 15) is 9.59 Å². The summed E-state index contributed by atoms with van der Waals surface area (Å²) in [7, 11) is 0. The molecule has 0 bridgehead atoms. The van der Waals surface area contributed by atoms with Gasteiger partial charge in [0.15, 0.2) is 0 Å². The van der Waals surface area contributed by atoms with Gasteiger partial charge in [-0.25, -0.2) is 4.79 Å². The lowest BCUT2D eigenvalue weighted by Crippen LogP contribution is -2.38. The molecule has 1 fully saturated rings. The SMILES string of the molecule is O=C(O)CCC/C=C/C1CCN(C(=O)OCc2ccccc2)CC1. The van der Waals surface area contributed by atoms with Crippen molar-refractivity contribution in [3.05, 3.63) is 48.0 Å². The summed E-state index contributed by atoms with van der Waals surface area (Å²) in [5.41, 5.74) is 0.991. The van der Waals surface area contributed by atoms with Gasteiger partial charge in [0.25, 0.3) is 0 Å². The molecule has 2 rings (SSSR count). The lowest BCUT2D eigenvalue weighted by Gasteiger charge is -2.30. The van der Waals surface area contributed by atoms with E-state index in [2.05, 4.69) is 12.2 Å². The largest absolute Gasteiger partial charge is 0.481 e. The molecular weight excluding hydrogens is 306 g/mol. The third kappa shape index (κ3) is 6.44. The highest BCUT2D eigenvalue weighted by atomic mass is 16.6. The number of likely N-dealkylation sites (tertiary alicyclic amines) is 1. The van der Waals surface area contributed by atoms with Crippen molar-refractivity contribution in [1.82, 2.24) is 4.90 Å². The highest BCUT2D eigenvalue weighted by Crippen LogP contribution is 2.19. The van der Waals surface area contributed by atoms with Crippen molar-refractivity contribution in [3.63, 3.8) is 0 Å². The Morgan fingerprint density at radius 2 is 1.92 bits per heavy atom. The number of rotatable bonds is 7. The molecule has 130 valence electrons. The number of carbonyl (C=O) groups is 2. The molecule has 0 radical (unpaired) electrons. The zero-order chi connectivity index (χ0) is 17.2. The van der Waals surface area contributed by atoms with Crippen molar-refractivity contribution < 1.29 is 19.4 Å². The molecule has 0 saturated carbocycles. The van der Waals surface area contributed by atoms with E-state index in [1.54, 1.807) is 4.90 Å². The first-order chi connectivity index (χ1) is 11.6. The first kappa shape index (κ1) is 18.0. The molecule has 1 amide bonds. The molecule has 1 saturated heterocycles. The molecule has 1 heterocycles. The Kier molecular flexibility index (Phi) is 7.33. The van der Waals surface area contributed by atoms with Gasteiger partial charge >= 0.3 is 12.1 Å². The minimum Gasteiger partial charge on any atom is -0.481 e. The van der Waals surface area contributed by atoms with Gasteiger partial charge in [-0.2, -0.15) is 0 Å². The van der Waals surface area contributed by atoms with Gasteiger partial charge in [0, 0.05) is 19.5 Å². The van der Waals surface area contributed by atoms with Crippen molar-refractivity contribution >= 4 is 12.1 Å². The standard InChI is InChI=1S/C19H25NO4/c21-18(22)10-6-2-3-7-16-11-13-20(14-12-16)19(23)24-15-17-8-4-1-5-9-17/h1,3-5,7-9,16H,2,6,10-15H2,(H,21,22)/b7-3+. The van der Waals surface area contributed by atoms with Gasteiger partial charge in [0.05, 0.1) is 0 Å². The fourth-order valence-electron chi connectivity index (χ4n) is 2.74. The number of allylic oxidation sites excluding steroid dienone is 2. The number of carboxylic acid groups (broad SMARTS) is 1. The van der Waals surface area contributed by atoms with E-state index < -0.39 is 5.97 Å². The summed E-state index contributed by atoms with van der Waals surface area (Å²) in [4.78, 5) is 24.3. The molecule has 1 aliphatic heterocycles. The molecule has 24 heavy (non-hydrogen) atoms. The van der Waals surface area contributed by atoms with Gasteiger partial charge in [0.2, 0.25) is 0 Å². The van der Waals surface area contributed by atoms with Crippen LogP contribution in [0.3, 0.4) is 0 Å². The molecule has 1 aliphatic rings. The number of piperidine rings is 1. The molecule has 1 aromatic rings. The summed E-state index contributed by atoms with van der Waals surface area (Å²) in [6.45, 7) is 1.72. The van der Waals surface area contributed by atoms with Crippen LogP contribution in [0.5, 0.6) is 0 Å². The number of unbranched alkanes of at least 4 members (excludes halogenated alkanes) is 1. The zero-order valence-electron chi connectivity index (χ0n) is 13.9. The Hall–Kier alpha value is -2.30. The van der Waals surface area contributed by atoms with E-state index in [0.29, 0.717) is 32.0 Å². The number of hydrogen-bond acceptors (Lipinski definition) is 3. The number of hydrogen-bond donors (Lipinski definition) is 1. The van der Waals surface area contributed by atoms with Crippen molar-refractivity contribution in [1.29, 1.82) is 0 Å². The summed E-state index contributed by atoms with van der Waals surface area (Å²) in [5.74, 6) is -0.279. The average Bonchev–Trinajstić information content (AvgIpc) is 2.60. The summed E-state index contributed by atoms with van der Waals surface area (Å²) < 4.78 is 5.35. The minimum absolute atomic E-state index is 0.218. The minimum atomic E-state index is -0.745. The van der Waals surface area contributed by atoms with Crippen molar-refractivity contribution in [2.24, 2.45) is 5.92 Å². The number of benzene rings is 1. The monoisotopic (exact) mass is 331 g/mol. The molecule has 1 aromatic carbocycles. The summed E-state index contributed by atoms with van der Waals surface area (Å²) >= 11 is 0. The summed E-state index contributed by atoms with van der Waals surface area (Å²) in [5, 5.41) is 8.59. The maximum absolute atomic E-state index is 12.1. The number of carboxylic acids is 1. The maximum Gasteiger partial charge on any atom is 0.410 e. The van der Waals surface area contributed by atoms with Gasteiger partial charge in [-0.15, -0.1) is 0 Å². The van der Waals surface area contributed by atoms with Crippen molar-refractivity contribution in [2.45, 2.75) is 38.7 Å². The van der Waals surface area contributed by atoms with Crippen molar-refractivity contribution in [2.75, 3.05) is 13.1 Å². The Labute approximate surface area is 142 Å². The number of nitrogens with zero attached hydrogens (tertiary/aromatic N) is 1. The van der Waals surface area contributed by atoms with Gasteiger partial charge in [-0.05, 0) is 37.2 Å². The van der Waals surface area contributed by atoms with Crippen LogP contribution in [0.1, 0.15) is 37.7 Å². The average molecular weight is 331 g/mol.